The Kier molecular flexibility index (Phi) is 6.20. The number of carbonyl (C=O) groups is 3. The van der Waals surface area contributed by atoms with Crippen LogP contribution < -0.4 is 16.0 Å². The Balaban J connectivity index is 1.89. The second-order valence-electron chi connectivity index (χ2n) is 7.49. The summed E-state index contributed by atoms with van der Waals surface area (Å²) in [7, 11) is 0. The number of carbonyl (C=O) groups excluding carboxylic acids is 3. The first kappa shape index (κ1) is 23.2. The van der Waals surface area contributed by atoms with Gasteiger partial charge < -0.3 is 10.6 Å². The lowest BCUT2D eigenvalue weighted by Crippen LogP contribution is -2.59. The predicted octanol–water partition coefficient (Wildman–Crippen LogP) is 3.26. The number of halogens is 4. The second kappa shape index (κ2) is 8.56. The summed E-state index contributed by atoms with van der Waals surface area (Å²) in [6.07, 6.45) is -3.21. The van der Waals surface area contributed by atoms with E-state index in [2.05, 4.69) is 20.9 Å². The molecule has 1 aliphatic heterocycles. The van der Waals surface area contributed by atoms with Gasteiger partial charge in [-0.15, -0.1) is 0 Å². The van der Waals surface area contributed by atoms with Crippen molar-refractivity contribution >= 4 is 17.8 Å². The molecule has 4 amide bonds. The van der Waals surface area contributed by atoms with Crippen molar-refractivity contribution in [1.82, 2.24) is 20.9 Å². The predicted molar refractivity (Wildman–Crippen MR) is 106 cm³/mol. The summed E-state index contributed by atoms with van der Waals surface area (Å²) >= 11 is 0. The first-order valence-electron chi connectivity index (χ1n) is 9.73. The second-order valence-corrected chi connectivity index (χ2v) is 7.49. The molecule has 1 aromatic heterocycles. The van der Waals surface area contributed by atoms with Crippen molar-refractivity contribution in [3.05, 3.63) is 53.6 Å². The van der Waals surface area contributed by atoms with Gasteiger partial charge in [0.05, 0.1) is 6.54 Å². The van der Waals surface area contributed by atoms with E-state index in [0.717, 1.165) is 30.5 Å². The van der Waals surface area contributed by atoms with Gasteiger partial charge in [-0.25, -0.2) is 9.18 Å². The molecule has 170 valence electrons. The SMILES string of the molecule is CC[C@H](C)[C@]1(CNC(=O)c2ccc(F)cc2-c2ccc(C(F)(F)F)nc2)NC(=O)NC1=O. The Morgan fingerprint density at radius 1 is 1.22 bits per heavy atom. The molecular formula is C21H20F4N4O3. The van der Waals surface area contributed by atoms with Gasteiger partial charge in [-0.3, -0.25) is 19.9 Å². The summed E-state index contributed by atoms with van der Waals surface area (Å²) < 4.78 is 52.2. The van der Waals surface area contributed by atoms with Gasteiger partial charge in [0, 0.05) is 17.3 Å². The number of nitrogens with one attached hydrogen (secondary N) is 3. The molecule has 3 N–H and O–H groups in total. The van der Waals surface area contributed by atoms with Crippen molar-refractivity contribution in [2.24, 2.45) is 5.92 Å². The van der Waals surface area contributed by atoms with E-state index in [4.69, 9.17) is 0 Å². The normalized spacial score (nSPS) is 19.3. The zero-order valence-corrected chi connectivity index (χ0v) is 17.1. The van der Waals surface area contributed by atoms with Gasteiger partial charge in [-0.2, -0.15) is 13.2 Å². The molecule has 1 aromatic carbocycles. The maximum atomic E-state index is 13.9. The van der Waals surface area contributed by atoms with Gasteiger partial charge in [-0.1, -0.05) is 26.3 Å². The van der Waals surface area contributed by atoms with Gasteiger partial charge in [0.25, 0.3) is 11.8 Å². The van der Waals surface area contributed by atoms with E-state index in [1.54, 1.807) is 6.92 Å². The molecule has 0 saturated carbocycles. The number of hydrogen-bond acceptors (Lipinski definition) is 4. The summed E-state index contributed by atoms with van der Waals surface area (Å²) in [5.41, 5.74) is -2.39. The Morgan fingerprint density at radius 3 is 2.47 bits per heavy atom. The molecule has 1 fully saturated rings. The molecule has 0 aliphatic carbocycles. The third-order valence-electron chi connectivity index (χ3n) is 5.54. The van der Waals surface area contributed by atoms with Crippen LogP contribution in [-0.2, 0) is 11.0 Å². The lowest BCUT2D eigenvalue weighted by atomic mass is 9.83. The quantitative estimate of drug-likeness (QED) is 0.463. The number of aromatic nitrogens is 1. The number of pyridine rings is 1. The minimum Gasteiger partial charge on any atom is -0.349 e. The highest BCUT2D eigenvalue weighted by molar-refractivity contribution is 6.08. The molecule has 2 aromatic rings. The average molecular weight is 452 g/mol. The fraction of sp³-hybridized carbons (Fsp3) is 0.333. The van der Waals surface area contributed by atoms with E-state index < -0.39 is 41.1 Å². The summed E-state index contributed by atoms with van der Waals surface area (Å²) in [6.45, 7) is 3.33. The Hall–Kier alpha value is -3.50. The molecule has 0 radical (unpaired) electrons. The summed E-state index contributed by atoms with van der Waals surface area (Å²) in [5, 5.41) is 7.29. The molecule has 1 aliphatic rings. The number of imide groups is 1. The van der Waals surface area contributed by atoms with E-state index in [1.165, 1.54) is 6.07 Å². The van der Waals surface area contributed by atoms with Crippen LogP contribution in [0.4, 0.5) is 22.4 Å². The van der Waals surface area contributed by atoms with Crippen LogP contribution in [0.25, 0.3) is 11.1 Å². The van der Waals surface area contributed by atoms with Crippen LogP contribution >= 0.6 is 0 Å². The summed E-state index contributed by atoms with van der Waals surface area (Å²) in [6, 6.07) is 4.37. The number of rotatable bonds is 6. The fourth-order valence-electron chi connectivity index (χ4n) is 3.49. The van der Waals surface area contributed by atoms with E-state index >= 15 is 0 Å². The molecule has 0 spiro atoms. The third kappa shape index (κ3) is 4.41. The lowest BCUT2D eigenvalue weighted by molar-refractivity contribution is -0.141. The topological polar surface area (TPSA) is 100 Å². The van der Waals surface area contributed by atoms with Crippen LogP contribution in [-0.4, -0.2) is 34.9 Å². The van der Waals surface area contributed by atoms with Crippen LogP contribution in [0.15, 0.2) is 36.5 Å². The van der Waals surface area contributed by atoms with E-state index in [1.807, 2.05) is 6.92 Å². The minimum atomic E-state index is -4.64. The maximum Gasteiger partial charge on any atom is 0.433 e. The molecule has 0 bridgehead atoms. The van der Waals surface area contributed by atoms with Gasteiger partial charge in [0.2, 0.25) is 0 Å². The first-order valence-corrected chi connectivity index (χ1v) is 9.73. The van der Waals surface area contributed by atoms with Crippen molar-refractivity contribution in [3.8, 4) is 11.1 Å². The average Bonchev–Trinajstić information content (AvgIpc) is 3.04. The van der Waals surface area contributed by atoms with Crippen LogP contribution in [0, 0.1) is 11.7 Å². The highest BCUT2D eigenvalue weighted by Crippen LogP contribution is 2.30. The first-order chi connectivity index (χ1) is 15.0. The summed E-state index contributed by atoms with van der Waals surface area (Å²) in [5.74, 6) is -2.30. The Labute approximate surface area is 180 Å². The lowest BCUT2D eigenvalue weighted by Gasteiger charge is -2.32. The zero-order chi connectivity index (χ0) is 23.7. The van der Waals surface area contributed by atoms with Crippen LogP contribution in [0.5, 0.6) is 0 Å². The van der Waals surface area contributed by atoms with Crippen molar-refractivity contribution in [2.45, 2.75) is 32.0 Å². The van der Waals surface area contributed by atoms with E-state index in [-0.39, 0.29) is 29.2 Å². The molecule has 3 rings (SSSR count). The molecule has 7 nitrogen and oxygen atoms in total. The molecule has 0 unspecified atom stereocenters. The van der Waals surface area contributed by atoms with Gasteiger partial charge in [0.1, 0.15) is 17.1 Å². The molecule has 32 heavy (non-hydrogen) atoms. The number of nitrogens with zero attached hydrogens (tertiary/aromatic N) is 1. The Bertz CT molecular complexity index is 1060. The third-order valence-corrected chi connectivity index (χ3v) is 5.54. The van der Waals surface area contributed by atoms with E-state index in [0.29, 0.717) is 6.42 Å². The number of benzene rings is 1. The summed E-state index contributed by atoms with van der Waals surface area (Å²) in [4.78, 5) is 40.3. The fourth-order valence-corrected chi connectivity index (χ4v) is 3.49. The molecule has 2 atom stereocenters. The molecule has 11 heteroatoms. The monoisotopic (exact) mass is 452 g/mol. The van der Waals surface area contributed by atoms with Crippen molar-refractivity contribution in [1.29, 1.82) is 0 Å². The smallest absolute Gasteiger partial charge is 0.349 e. The number of hydrogen-bond donors (Lipinski definition) is 3. The van der Waals surface area contributed by atoms with Gasteiger partial charge in [-0.05, 0) is 35.7 Å². The Morgan fingerprint density at radius 2 is 1.94 bits per heavy atom. The molecule has 2 heterocycles. The van der Waals surface area contributed by atoms with Gasteiger partial charge in [0.15, 0.2) is 0 Å². The van der Waals surface area contributed by atoms with Crippen molar-refractivity contribution < 1.29 is 31.9 Å². The largest absolute Gasteiger partial charge is 0.433 e. The molecule has 1 saturated heterocycles. The van der Waals surface area contributed by atoms with Crippen molar-refractivity contribution in [2.75, 3.05) is 6.54 Å². The highest BCUT2D eigenvalue weighted by atomic mass is 19.4. The van der Waals surface area contributed by atoms with Crippen LogP contribution in [0.3, 0.4) is 0 Å². The molecular weight excluding hydrogens is 432 g/mol. The number of urea groups is 1. The highest BCUT2D eigenvalue weighted by Gasteiger charge is 2.49. The standard InChI is InChI=1S/C21H20F4N4O3/c1-3-11(2)20(18(31)28-19(32)29-20)10-27-17(30)14-6-5-13(22)8-15(14)12-4-7-16(26-9-12)21(23,24)25/h4-9,11H,3,10H2,1-2H3,(H,27,30)(H2,28,29,31,32)/t11-,20-/m0/s1. The zero-order valence-electron chi connectivity index (χ0n) is 17.1. The van der Waals surface area contributed by atoms with Crippen molar-refractivity contribution in [3.63, 3.8) is 0 Å². The van der Waals surface area contributed by atoms with E-state index in [9.17, 15) is 31.9 Å². The van der Waals surface area contributed by atoms with Crippen LogP contribution in [0.1, 0.15) is 36.3 Å². The van der Waals surface area contributed by atoms with Crippen LogP contribution in [0.2, 0.25) is 0 Å². The maximum absolute atomic E-state index is 13.9. The van der Waals surface area contributed by atoms with Gasteiger partial charge >= 0.3 is 12.2 Å². The number of amides is 4. The minimum absolute atomic E-state index is 0.0289. The number of alkyl halides is 3.